The lowest BCUT2D eigenvalue weighted by Crippen LogP contribution is -2.44. The Morgan fingerprint density at radius 1 is 0.923 bits per heavy atom. The summed E-state index contributed by atoms with van der Waals surface area (Å²) >= 11 is 0. The van der Waals surface area contributed by atoms with Crippen molar-refractivity contribution in [1.29, 1.82) is 0 Å². The fourth-order valence-electron chi connectivity index (χ4n) is 3.73. The Bertz CT molecular complexity index is 834. The number of hydrogen-bond acceptors (Lipinski definition) is 3. The molecule has 0 N–H and O–H groups in total. The van der Waals surface area contributed by atoms with E-state index in [0.29, 0.717) is 0 Å². The molecule has 0 radical (unpaired) electrons. The Balaban J connectivity index is 1.69. The first kappa shape index (κ1) is 17.0. The van der Waals surface area contributed by atoms with Gasteiger partial charge in [-0.25, -0.2) is 4.68 Å². The highest BCUT2D eigenvalue weighted by molar-refractivity contribution is 5.63. The van der Waals surface area contributed by atoms with Crippen molar-refractivity contribution in [3.63, 3.8) is 0 Å². The maximum Gasteiger partial charge on any atom is 0.0972 e. The Hall–Kier alpha value is -2.43. The molecule has 26 heavy (non-hydrogen) atoms. The smallest absolute Gasteiger partial charge is 0.0972 e. The van der Waals surface area contributed by atoms with Crippen LogP contribution in [0.4, 0.5) is 0 Å². The molecule has 0 aliphatic carbocycles. The van der Waals surface area contributed by atoms with Crippen LogP contribution in [-0.2, 0) is 11.3 Å². The maximum atomic E-state index is 5.88. The summed E-state index contributed by atoms with van der Waals surface area (Å²) in [6.45, 7) is 7.08. The normalized spacial score (nSPS) is 21.0. The van der Waals surface area contributed by atoms with Gasteiger partial charge in [0.25, 0.3) is 0 Å². The molecule has 1 saturated heterocycles. The molecule has 1 aromatic heterocycles. The van der Waals surface area contributed by atoms with Crippen LogP contribution >= 0.6 is 0 Å². The monoisotopic (exact) mass is 347 g/mol. The topological polar surface area (TPSA) is 30.3 Å². The molecular formula is C22H25N3O. The van der Waals surface area contributed by atoms with Gasteiger partial charge in [0.2, 0.25) is 0 Å². The molecule has 1 fully saturated rings. The Morgan fingerprint density at radius 2 is 1.54 bits per heavy atom. The molecule has 4 heteroatoms. The minimum absolute atomic E-state index is 0.267. The van der Waals surface area contributed by atoms with Crippen LogP contribution in [0.2, 0.25) is 0 Å². The molecular weight excluding hydrogens is 322 g/mol. The van der Waals surface area contributed by atoms with E-state index < -0.39 is 0 Å². The Labute approximate surface area is 155 Å². The largest absolute Gasteiger partial charge is 0.373 e. The maximum absolute atomic E-state index is 5.88. The van der Waals surface area contributed by atoms with Crippen LogP contribution in [0.3, 0.4) is 0 Å². The van der Waals surface area contributed by atoms with Gasteiger partial charge in [0.05, 0.1) is 23.6 Å². The van der Waals surface area contributed by atoms with Gasteiger partial charge in [0.1, 0.15) is 0 Å². The van der Waals surface area contributed by atoms with Crippen LogP contribution in [-0.4, -0.2) is 40.0 Å². The second-order valence-electron chi connectivity index (χ2n) is 7.10. The minimum atomic E-state index is 0.267. The SMILES string of the molecule is CC1CN(Cc2cn(-c3ccccc3)nc2-c2ccccc2)CC(C)O1. The first-order chi connectivity index (χ1) is 12.7. The van der Waals surface area contributed by atoms with E-state index in [4.69, 9.17) is 9.84 Å². The van der Waals surface area contributed by atoms with E-state index in [1.165, 1.54) is 5.56 Å². The van der Waals surface area contributed by atoms with Gasteiger partial charge in [-0.15, -0.1) is 0 Å². The van der Waals surface area contributed by atoms with Crippen molar-refractivity contribution in [3.8, 4) is 16.9 Å². The number of hydrogen-bond donors (Lipinski definition) is 0. The van der Waals surface area contributed by atoms with Crippen molar-refractivity contribution in [3.05, 3.63) is 72.4 Å². The molecule has 0 bridgehead atoms. The highest BCUT2D eigenvalue weighted by atomic mass is 16.5. The van der Waals surface area contributed by atoms with Gasteiger partial charge in [0, 0.05) is 37.0 Å². The van der Waals surface area contributed by atoms with Crippen LogP contribution < -0.4 is 0 Å². The highest BCUT2D eigenvalue weighted by Crippen LogP contribution is 2.26. The number of aromatic nitrogens is 2. The van der Waals surface area contributed by atoms with E-state index in [1.54, 1.807) is 0 Å². The fraction of sp³-hybridized carbons (Fsp3) is 0.318. The summed E-state index contributed by atoms with van der Waals surface area (Å²) in [7, 11) is 0. The summed E-state index contributed by atoms with van der Waals surface area (Å²) in [6, 6.07) is 20.7. The van der Waals surface area contributed by atoms with Gasteiger partial charge in [0.15, 0.2) is 0 Å². The summed E-state index contributed by atoms with van der Waals surface area (Å²) in [4.78, 5) is 2.47. The van der Waals surface area contributed by atoms with Crippen molar-refractivity contribution in [2.24, 2.45) is 0 Å². The summed E-state index contributed by atoms with van der Waals surface area (Å²) < 4.78 is 7.87. The zero-order chi connectivity index (χ0) is 17.9. The molecule has 1 aliphatic rings. The van der Waals surface area contributed by atoms with Crippen molar-refractivity contribution in [2.75, 3.05) is 13.1 Å². The number of benzene rings is 2. The van der Waals surface area contributed by atoms with Crippen LogP contribution in [0.25, 0.3) is 16.9 Å². The van der Waals surface area contributed by atoms with E-state index in [-0.39, 0.29) is 12.2 Å². The summed E-state index contributed by atoms with van der Waals surface area (Å²) in [5.74, 6) is 0. The van der Waals surface area contributed by atoms with E-state index in [2.05, 4.69) is 61.3 Å². The number of ether oxygens (including phenoxy) is 1. The molecule has 0 amide bonds. The standard InChI is InChI=1S/C22H25N3O/c1-17-13-24(14-18(2)26-17)15-20-16-25(21-11-7-4-8-12-21)23-22(20)19-9-5-3-6-10-19/h3-12,16-18H,13-15H2,1-2H3. The Kier molecular flexibility index (Phi) is 4.87. The van der Waals surface area contributed by atoms with Gasteiger partial charge < -0.3 is 4.74 Å². The zero-order valence-corrected chi connectivity index (χ0v) is 15.4. The van der Waals surface area contributed by atoms with E-state index in [1.807, 2.05) is 28.9 Å². The van der Waals surface area contributed by atoms with Crippen LogP contribution in [0.15, 0.2) is 66.9 Å². The van der Waals surface area contributed by atoms with Crippen LogP contribution in [0.1, 0.15) is 19.4 Å². The third-order valence-electron chi connectivity index (χ3n) is 4.75. The van der Waals surface area contributed by atoms with E-state index >= 15 is 0 Å². The van der Waals surface area contributed by atoms with Gasteiger partial charge >= 0.3 is 0 Å². The first-order valence-electron chi connectivity index (χ1n) is 9.26. The van der Waals surface area contributed by atoms with Crippen molar-refractivity contribution in [2.45, 2.75) is 32.6 Å². The van der Waals surface area contributed by atoms with Crippen molar-refractivity contribution < 1.29 is 4.74 Å². The second kappa shape index (κ2) is 7.44. The Morgan fingerprint density at radius 3 is 2.19 bits per heavy atom. The molecule has 2 atom stereocenters. The predicted molar refractivity (Wildman–Crippen MR) is 104 cm³/mol. The molecule has 0 saturated carbocycles. The third-order valence-corrected chi connectivity index (χ3v) is 4.75. The molecule has 134 valence electrons. The third kappa shape index (κ3) is 3.71. The zero-order valence-electron chi connectivity index (χ0n) is 15.4. The van der Waals surface area contributed by atoms with Crippen molar-refractivity contribution >= 4 is 0 Å². The highest BCUT2D eigenvalue weighted by Gasteiger charge is 2.24. The van der Waals surface area contributed by atoms with Gasteiger partial charge in [-0.3, -0.25) is 4.90 Å². The van der Waals surface area contributed by atoms with Crippen LogP contribution in [0, 0.1) is 0 Å². The molecule has 4 nitrogen and oxygen atoms in total. The average Bonchev–Trinajstić information content (AvgIpc) is 3.06. The predicted octanol–water partition coefficient (Wildman–Crippen LogP) is 4.15. The van der Waals surface area contributed by atoms with Crippen LogP contribution in [0.5, 0.6) is 0 Å². The lowest BCUT2D eigenvalue weighted by Gasteiger charge is -2.35. The molecule has 1 aliphatic heterocycles. The molecule has 0 spiro atoms. The summed E-state index contributed by atoms with van der Waals surface area (Å²) in [5.41, 5.74) is 4.55. The molecule has 2 unspecified atom stereocenters. The molecule has 2 aromatic carbocycles. The molecule has 3 aromatic rings. The average molecular weight is 347 g/mol. The first-order valence-corrected chi connectivity index (χ1v) is 9.26. The van der Waals surface area contributed by atoms with Gasteiger partial charge in [-0.05, 0) is 26.0 Å². The quantitative estimate of drug-likeness (QED) is 0.710. The number of rotatable bonds is 4. The second-order valence-corrected chi connectivity index (χ2v) is 7.10. The summed E-state index contributed by atoms with van der Waals surface area (Å²) in [6.07, 6.45) is 2.70. The van der Waals surface area contributed by atoms with E-state index in [0.717, 1.165) is 36.6 Å². The number of para-hydroxylation sites is 1. The van der Waals surface area contributed by atoms with Gasteiger partial charge in [-0.1, -0.05) is 48.5 Å². The van der Waals surface area contributed by atoms with Crippen molar-refractivity contribution in [1.82, 2.24) is 14.7 Å². The fourth-order valence-corrected chi connectivity index (χ4v) is 3.73. The summed E-state index contributed by atoms with van der Waals surface area (Å²) in [5, 5.41) is 4.91. The minimum Gasteiger partial charge on any atom is -0.373 e. The molecule has 2 heterocycles. The number of morpholine rings is 1. The lowest BCUT2D eigenvalue weighted by atomic mass is 10.1. The number of nitrogens with zero attached hydrogens (tertiary/aromatic N) is 3. The molecule has 4 rings (SSSR count). The van der Waals surface area contributed by atoms with Gasteiger partial charge in [-0.2, -0.15) is 5.10 Å². The van der Waals surface area contributed by atoms with E-state index in [9.17, 15) is 0 Å². The lowest BCUT2D eigenvalue weighted by molar-refractivity contribution is -0.0704.